The van der Waals surface area contributed by atoms with E-state index in [1.165, 1.54) is 5.56 Å². The van der Waals surface area contributed by atoms with Gasteiger partial charge in [-0.05, 0) is 31.5 Å². The summed E-state index contributed by atoms with van der Waals surface area (Å²) in [5, 5.41) is 1.80. The lowest BCUT2D eigenvalue weighted by molar-refractivity contribution is 0.972. The monoisotopic (exact) mass is 340 g/mol. The first kappa shape index (κ1) is 16.0. The Morgan fingerprint density at radius 2 is 1.61 bits per heavy atom. The molecular formula is C19H17ClN2S. The summed E-state index contributed by atoms with van der Waals surface area (Å²) in [6, 6.07) is 18.0. The standard InChI is InChI=1S/C19H17ClN2S/c1-13-14(2)21-18(16-6-4-3-5-7-16)22-19(13)23-12-15-8-10-17(20)11-9-15/h3-11H,12H2,1-2H3. The van der Waals surface area contributed by atoms with Crippen LogP contribution >= 0.6 is 23.4 Å². The fourth-order valence-corrected chi connectivity index (χ4v) is 3.33. The average Bonchev–Trinajstić information content (AvgIpc) is 2.58. The number of rotatable bonds is 4. The highest BCUT2D eigenvalue weighted by Gasteiger charge is 2.10. The number of halogens is 1. The first-order valence-electron chi connectivity index (χ1n) is 7.41. The Labute approximate surface area is 146 Å². The van der Waals surface area contributed by atoms with Crippen molar-refractivity contribution in [2.24, 2.45) is 0 Å². The summed E-state index contributed by atoms with van der Waals surface area (Å²) in [6.45, 7) is 4.12. The molecule has 2 aromatic carbocycles. The van der Waals surface area contributed by atoms with Gasteiger partial charge in [0.15, 0.2) is 5.82 Å². The van der Waals surface area contributed by atoms with Crippen molar-refractivity contribution in [3.63, 3.8) is 0 Å². The molecule has 23 heavy (non-hydrogen) atoms. The van der Waals surface area contributed by atoms with Gasteiger partial charge in [-0.25, -0.2) is 9.97 Å². The predicted octanol–water partition coefficient (Wildman–Crippen LogP) is 5.71. The third-order valence-electron chi connectivity index (χ3n) is 3.67. The molecule has 3 aromatic rings. The highest BCUT2D eigenvalue weighted by Crippen LogP contribution is 2.28. The third kappa shape index (κ3) is 3.92. The van der Waals surface area contributed by atoms with Crippen molar-refractivity contribution in [2.75, 3.05) is 0 Å². The van der Waals surface area contributed by atoms with Crippen LogP contribution in [0.2, 0.25) is 5.02 Å². The molecule has 0 saturated heterocycles. The number of benzene rings is 2. The molecule has 2 nitrogen and oxygen atoms in total. The second-order valence-corrected chi connectivity index (χ2v) is 6.74. The Morgan fingerprint density at radius 1 is 0.913 bits per heavy atom. The highest BCUT2D eigenvalue weighted by molar-refractivity contribution is 7.98. The molecule has 116 valence electrons. The van der Waals surface area contributed by atoms with E-state index in [0.29, 0.717) is 0 Å². The van der Waals surface area contributed by atoms with Gasteiger partial charge in [-0.1, -0.05) is 54.1 Å². The van der Waals surface area contributed by atoms with Crippen LogP contribution in [-0.4, -0.2) is 9.97 Å². The SMILES string of the molecule is Cc1nc(-c2ccccc2)nc(SCc2ccc(Cl)cc2)c1C. The summed E-state index contributed by atoms with van der Waals surface area (Å²) in [4.78, 5) is 9.39. The summed E-state index contributed by atoms with van der Waals surface area (Å²) in [5.41, 5.74) is 4.45. The van der Waals surface area contributed by atoms with Crippen LogP contribution < -0.4 is 0 Å². The van der Waals surface area contributed by atoms with Crippen molar-refractivity contribution in [1.29, 1.82) is 0 Å². The zero-order valence-corrected chi connectivity index (χ0v) is 14.7. The second-order valence-electron chi connectivity index (χ2n) is 5.34. The Bertz CT molecular complexity index is 802. The molecule has 4 heteroatoms. The normalized spacial score (nSPS) is 10.7. The molecule has 0 saturated carbocycles. The minimum Gasteiger partial charge on any atom is -0.233 e. The number of thioether (sulfide) groups is 1. The van der Waals surface area contributed by atoms with Crippen molar-refractivity contribution < 1.29 is 0 Å². The number of nitrogens with zero attached hydrogens (tertiary/aromatic N) is 2. The maximum Gasteiger partial charge on any atom is 0.160 e. The summed E-state index contributed by atoms with van der Waals surface area (Å²) in [7, 11) is 0. The lowest BCUT2D eigenvalue weighted by atomic mass is 10.2. The summed E-state index contributed by atoms with van der Waals surface area (Å²) < 4.78 is 0. The van der Waals surface area contributed by atoms with Crippen LogP contribution in [0.5, 0.6) is 0 Å². The molecular weight excluding hydrogens is 324 g/mol. The number of aryl methyl sites for hydroxylation is 1. The van der Waals surface area contributed by atoms with Crippen molar-refractivity contribution in [2.45, 2.75) is 24.6 Å². The Balaban J connectivity index is 1.86. The minimum atomic E-state index is 0.763. The van der Waals surface area contributed by atoms with Crippen molar-refractivity contribution >= 4 is 23.4 Å². The lowest BCUT2D eigenvalue weighted by Crippen LogP contribution is -1.98. The van der Waals surface area contributed by atoms with Gasteiger partial charge >= 0.3 is 0 Å². The number of aromatic nitrogens is 2. The molecule has 0 spiro atoms. The number of hydrogen-bond donors (Lipinski definition) is 0. The van der Waals surface area contributed by atoms with E-state index >= 15 is 0 Å². The summed E-state index contributed by atoms with van der Waals surface area (Å²) in [6.07, 6.45) is 0. The maximum atomic E-state index is 5.94. The third-order valence-corrected chi connectivity index (χ3v) is 5.07. The van der Waals surface area contributed by atoms with Gasteiger partial charge in [-0.3, -0.25) is 0 Å². The maximum absolute atomic E-state index is 5.94. The van der Waals surface area contributed by atoms with E-state index in [1.54, 1.807) is 11.8 Å². The van der Waals surface area contributed by atoms with E-state index < -0.39 is 0 Å². The van der Waals surface area contributed by atoms with Crippen LogP contribution in [0, 0.1) is 13.8 Å². The summed E-state index contributed by atoms with van der Waals surface area (Å²) >= 11 is 7.67. The van der Waals surface area contributed by atoms with Crippen molar-refractivity contribution in [1.82, 2.24) is 9.97 Å². The minimum absolute atomic E-state index is 0.763. The Hall–Kier alpha value is -1.84. The van der Waals surface area contributed by atoms with Gasteiger partial charge in [0.05, 0.1) is 0 Å². The fraction of sp³-hybridized carbons (Fsp3) is 0.158. The summed E-state index contributed by atoms with van der Waals surface area (Å²) in [5.74, 6) is 1.65. The van der Waals surface area contributed by atoms with Gasteiger partial charge in [-0.2, -0.15) is 0 Å². The topological polar surface area (TPSA) is 25.8 Å². The molecule has 0 aliphatic carbocycles. The molecule has 0 N–H and O–H groups in total. The van der Waals surface area contributed by atoms with Gasteiger partial charge in [0.25, 0.3) is 0 Å². The molecule has 1 aromatic heterocycles. The average molecular weight is 341 g/mol. The lowest BCUT2D eigenvalue weighted by Gasteiger charge is -2.10. The van der Waals surface area contributed by atoms with Crippen LogP contribution in [0.4, 0.5) is 0 Å². The molecule has 1 heterocycles. The van der Waals surface area contributed by atoms with Crippen LogP contribution in [-0.2, 0) is 5.75 Å². The zero-order chi connectivity index (χ0) is 16.2. The quantitative estimate of drug-likeness (QED) is 0.449. The number of hydrogen-bond acceptors (Lipinski definition) is 3. The molecule has 0 bridgehead atoms. The Morgan fingerprint density at radius 3 is 2.30 bits per heavy atom. The van der Waals surface area contributed by atoms with Gasteiger partial charge in [0.1, 0.15) is 5.03 Å². The molecule has 0 unspecified atom stereocenters. The molecule has 0 atom stereocenters. The van der Waals surface area contributed by atoms with Crippen LogP contribution in [0.1, 0.15) is 16.8 Å². The van der Waals surface area contributed by atoms with Crippen molar-refractivity contribution in [3.8, 4) is 11.4 Å². The van der Waals surface area contributed by atoms with Gasteiger partial charge in [-0.15, -0.1) is 11.8 Å². The molecule has 0 amide bonds. The first-order valence-corrected chi connectivity index (χ1v) is 8.78. The van der Waals surface area contributed by atoms with E-state index in [4.69, 9.17) is 16.6 Å². The zero-order valence-electron chi connectivity index (χ0n) is 13.1. The molecule has 0 aliphatic heterocycles. The smallest absolute Gasteiger partial charge is 0.160 e. The predicted molar refractivity (Wildman–Crippen MR) is 98.0 cm³/mol. The van der Waals surface area contributed by atoms with Crippen LogP contribution in [0.15, 0.2) is 59.6 Å². The highest BCUT2D eigenvalue weighted by atomic mass is 35.5. The van der Waals surface area contributed by atoms with Gasteiger partial charge in [0.2, 0.25) is 0 Å². The molecule has 0 fully saturated rings. The molecule has 0 aliphatic rings. The second kappa shape index (κ2) is 7.16. The van der Waals surface area contributed by atoms with Crippen LogP contribution in [0.25, 0.3) is 11.4 Å². The largest absolute Gasteiger partial charge is 0.233 e. The van der Waals surface area contributed by atoms with E-state index in [2.05, 4.69) is 24.0 Å². The van der Waals surface area contributed by atoms with E-state index in [0.717, 1.165) is 38.4 Å². The van der Waals surface area contributed by atoms with Crippen LogP contribution in [0.3, 0.4) is 0 Å². The molecule has 0 radical (unpaired) electrons. The first-order chi connectivity index (χ1) is 11.1. The van der Waals surface area contributed by atoms with Gasteiger partial charge in [0, 0.05) is 27.6 Å². The fourth-order valence-electron chi connectivity index (χ4n) is 2.19. The van der Waals surface area contributed by atoms with E-state index in [-0.39, 0.29) is 0 Å². The van der Waals surface area contributed by atoms with E-state index in [9.17, 15) is 0 Å². The van der Waals surface area contributed by atoms with Crippen molar-refractivity contribution in [3.05, 3.63) is 76.4 Å². The Kier molecular flexibility index (Phi) is 4.99. The van der Waals surface area contributed by atoms with E-state index in [1.807, 2.05) is 49.4 Å². The molecule has 3 rings (SSSR count). The van der Waals surface area contributed by atoms with Gasteiger partial charge < -0.3 is 0 Å².